The zero-order chi connectivity index (χ0) is 21.8. The normalized spacial score (nSPS) is 21.6. The molecule has 0 radical (unpaired) electrons. The van der Waals surface area contributed by atoms with Crippen molar-refractivity contribution >= 4 is 29.3 Å². The van der Waals surface area contributed by atoms with E-state index in [0.717, 1.165) is 41.3 Å². The molecule has 0 spiro atoms. The van der Waals surface area contributed by atoms with Gasteiger partial charge in [-0.3, -0.25) is 4.79 Å². The van der Waals surface area contributed by atoms with Crippen molar-refractivity contribution in [2.45, 2.75) is 42.2 Å². The quantitative estimate of drug-likeness (QED) is 0.503. The van der Waals surface area contributed by atoms with Crippen molar-refractivity contribution in [1.29, 1.82) is 0 Å². The molecule has 1 atom stereocenters. The summed E-state index contributed by atoms with van der Waals surface area (Å²) in [5, 5.41) is 0. The Bertz CT molecular complexity index is 940. The van der Waals surface area contributed by atoms with E-state index in [1.807, 2.05) is 60.4 Å². The van der Waals surface area contributed by atoms with Crippen molar-refractivity contribution in [3.05, 3.63) is 59.7 Å². The Kier molecular flexibility index (Phi) is 6.68. The van der Waals surface area contributed by atoms with Gasteiger partial charge in [0.15, 0.2) is 0 Å². The summed E-state index contributed by atoms with van der Waals surface area (Å²) in [5.74, 6) is -0.666. The second-order valence-corrected chi connectivity index (χ2v) is 9.75. The predicted molar refractivity (Wildman–Crippen MR) is 125 cm³/mol. The van der Waals surface area contributed by atoms with Crippen molar-refractivity contribution in [2.24, 2.45) is 0 Å². The average molecular weight is 439 g/mol. The molecule has 164 valence electrons. The molecular weight excluding hydrogens is 408 g/mol. The summed E-state index contributed by atoms with van der Waals surface area (Å²) in [6, 6.07) is 15.9. The van der Waals surface area contributed by atoms with Gasteiger partial charge in [0.1, 0.15) is 0 Å². The Morgan fingerprint density at radius 3 is 2.45 bits per heavy atom. The summed E-state index contributed by atoms with van der Waals surface area (Å²) < 4.78 is 3.88. The highest BCUT2D eigenvalue weighted by atomic mass is 32.2. The van der Waals surface area contributed by atoms with Crippen LogP contribution in [0.2, 0.25) is 0 Å². The summed E-state index contributed by atoms with van der Waals surface area (Å²) in [4.78, 5) is 32.2. The van der Waals surface area contributed by atoms with E-state index in [1.165, 1.54) is 38.1 Å². The fourth-order valence-corrected chi connectivity index (χ4v) is 5.85. The minimum Gasteiger partial charge on any atom is -0.468 e. The Hall–Kier alpha value is -2.31. The number of piperidine rings is 1. The predicted octanol–water partition coefficient (Wildman–Crippen LogP) is 4.07. The van der Waals surface area contributed by atoms with E-state index < -0.39 is 10.7 Å². The highest BCUT2D eigenvalue weighted by Crippen LogP contribution is 2.47. The first-order valence-corrected chi connectivity index (χ1v) is 11.8. The van der Waals surface area contributed by atoms with Gasteiger partial charge >= 0.3 is 5.97 Å². The van der Waals surface area contributed by atoms with Gasteiger partial charge in [-0.05, 0) is 50.6 Å². The lowest BCUT2D eigenvalue weighted by atomic mass is 9.95. The number of benzene rings is 2. The summed E-state index contributed by atoms with van der Waals surface area (Å²) in [6.45, 7) is 5.56. The molecule has 2 aromatic carbocycles. The fraction of sp³-hybridized carbons (Fsp3) is 0.440. The third-order valence-corrected chi connectivity index (χ3v) is 7.61. The van der Waals surface area contributed by atoms with Gasteiger partial charge in [0.05, 0.1) is 12.8 Å². The molecule has 2 aliphatic heterocycles. The van der Waals surface area contributed by atoms with Crippen LogP contribution in [0, 0.1) is 6.92 Å². The van der Waals surface area contributed by atoms with Crippen molar-refractivity contribution in [3.8, 4) is 0 Å². The molecule has 1 saturated heterocycles. The molecule has 2 aromatic rings. The van der Waals surface area contributed by atoms with Crippen LogP contribution in [0.25, 0.3) is 0 Å². The second-order valence-electron chi connectivity index (χ2n) is 8.41. The van der Waals surface area contributed by atoms with Crippen molar-refractivity contribution in [2.75, 3.05) is 38.2 Å². The number of methoxy groups -OCH3 is 1. The number of aryl methyl sites for hydroxylation is 1. The van der Waals surface area contributed by atoms with Crippen LogP contribution in [-0.2, 0) is 20.7 Å². The van der Waals surface area contributed by atoms with Crippen LogP contribution in [-0.4, -0.2) is 54.8 Å². The number of nitrogens with zero attached hydrogens (tertiary/aromatic N) is 2. The molecule has 5 nitrogen and oxygen atoms in total. The standard InChI is InChI=1S/C25H30N2O3S/c1-19-10-12-20(13-11-19)18-25(24(29)30-2)23(28)27(17-16-26-14-6-3-7-15-26)21-8-4-5-9-22(21)31-25/h4-5,8-13H,3,6-7,14-18H2,1-2H3. The van der Waals surface area contributed by atoms with Crippen LogP contribution in [0.5, 0.6) is 0 Å². The number of para-hydroxylation sites is 1. The van der Waals surface area contributed by atoms with Gasteiger partial charge in [-0.25, -0.2) is 4.79 Å². The smallest absolute Gasteiger partial charge is 0.332 e. The number of fused-ring (bicyclic) bond motifs is 1. The van der Waals surface area contributed by atoms with E-state index >= 15 is 0 Å². The molecule has 1 unspecified atom stereocenters. The van der Waals surface area contributed by atoms with Gasteiger partial charge in [0.25, 0.3) is 5.91 Å². The average Bonchev–Trinajstić information content (AvgIpc) is 2.80. The maximum Gasteiger partial charge on any atom is 0.332 e. The van der Waals surface area contributed by atoms with Gasteiger partial charge in [0.2, 0.25) is 4.75 Å². The molecule has 2 heterocycles. The maximum absolute atomic E-state index is 13.9. The van der Waals surface area contributed by atoms with E-state index in [9.17, 15) is 9.59 Å². The SMILES string of the molecule is COC(=O)C1(Cc2ccc(C)cc2)Sc2ccccc2N(CCN2CCCCC2)C1=O. The summed E-state index contributed by atoms with van der Waals surface area (Å²) in [5.41, 5.74) is 2.98. The number of hydrogen-bond donors (Lipinski definition) is 0. The summed E-state index contributed by atoms with van der Waals surface area (Å²) in [7, 11) is 1.37. The van der Waals surface area contributed by atoms with Crippen LogP contribution in [0.1, 0.15) is 30.4 Å². The van der Waals surface area contributed by atoms with E-state index in [4.69, 9.17) is 4.74 Å². The largest absolute Gasteiger partial charge is 0.468 e. The number of carbonyl (C=O) groups excluding carboxylic acids is 2. The van der Waals surface area contributed by atoms with E-state index in [-0.39, 0.29) is 5.91 Å². The molecule has 31 heavy (non-hydrogen) atoms. The first kappa shape index (κ1) is 21.9. The number of ether oxygens (including phenoxy) is 1. The highest BCUT2D eigenvalue weighted by molar-refractivity contribution is 8.02. The van der Waals surface area contributed by atoms with Gasteiger partial charge < -0.3 is 14.5 Å². The number of amides is 1. The number of esters is 1. The third-order valence-electron chi connectivity index (χ3n) is 6.21. The Labute approximate surface area is 188 Å². The van der Waals surface area contributed by atoms with Crippen LogP contribution < -0.4 is 4.90 Å². The Morgan fingerprint density at radius 1 is 1.03 bits per heavy atom. The molecule has 2 aliphatic rings. The topological polar surface area (TPSA) is 49.9 Å². The van der Waals surface area contributed by atoms with Gasteiger partial charge in [0, 0.05) is 24.4 Å². The lowest BCUT2D eigenvalue weighted by Gasteiger charge is -2.41. The maximum atomic E-state index is 13.9. The Balaban J connectivity index is 1.68. The zero-order valence-corrected chi connectivity index (χ0v) is 19.1. The molecule has 0 aromatic heterocycles. The molecule has 1 amide bonds. The number of thioether (sulfide) groups is 1. The molecule has 0 aliphatic carbocycles. The minimum atomic E-state index is -1.32. The van der Waals surface area contributed by atoms with Crippen molar-refractivity contribution < 1.29 is 14.3 Å². The first-order chi connectivity index (χ1) is 15.0. The van der Waals surface area contributed by atoms with E-state index in [1.54, 1.807) is 0 Å². The summed E-state index contributed by atoms with van der Waals surface area (Å²) >= 11 is 1.33. The van der Waals surface area contributed by atoms with Crippen LogP contribution in [0.4, 0.5) is 5.69 Å². The monoisotopic (exact) mass is 438 g/mol. The molecular formula is C25H30N2O3S. The van der Waals surface area contributed by atoms with Crippen LogP contribution >= 0.6 is 11.8 Å². The van der Waals surface area contributed by atoms with Crippen LogP contribution in [0.3, 0.4) is 0 Å². The second kappa shape index (κ2) is 9.45. The van der Waals surface area contributed by atoms with Gasteiger partial charge in [-0.1, -0.05) is 60.1 Å². The number of anilines is 1. The Morgan fingerprint density at radius 2 is 1.74 bits per heavy atom. The molecule has 0 N–H and O–H groups in total. The molecule has 1 fully saturated rings. The number of likely N-dealkylation sites (tertiary alicyclic amines) is 1. The van der Waals surface area contributed by atoms with E-state index in [2.05, 4.69) is 4.90 Å². The zero-order valence-electron chi connectivity index (χ0n) is 18.3. The highest BCUT2D eigenvalue weighted by Gasteiger charge is 2.54. The minimum absolute atomic E-state index is 0.180. The fourth-order valence-electron chi connectivity index (χ4n) is 4.44. The number of carbonyl (C=O) groups is 2. The lowest BCUT2D eigenvalue weighted by molar-refractivity contribution is -0.147. The lowest BCUT2D eigenvalue weighted by Crippen LogP contribution is -2.57. The van der Waals surface area contributed by atoms with Crippen molar-refractivity contribution in [3.63, 3.8) is 0 Å². The molecule has 0 bridgehead atoms. The van der Waals surface area contributed by atoms with E-state index in [0.29, 0.717) is 13.0 Å². The molecule has 0 saturated carbocycles. The number of hydrogen-bond acceptors (Lipinski definition) is 5. The molecule has 4 rings (SSSR count). The summed E-state index contributed by atoms with van der Waals surface area (Å²) in [6.07, 6.45) is 4.00. The van der Waals surface area contributed by atoms with Gasteiger partial charge in [-0.2, -0.15) is 0 Å². The number of rotatable bonds is 6. The molecule has 6 heteroatoms. The first-order valence-electron chi connectivity index (χ1n) is 11.0. The van der Waals surface area contributed by atoms with Crippen LogP contribution in [0.15, 0.2) is 53.4 Å². The third kappa shape index (κ3) is 4.51. The van der Waals surface area contributed by atoms with Gasteiger partial charge in [-0.15, -0.1) is 0 Å². The van der Waals surface area contributed by atoms with Crippen molar-refractivity contribution in [1.82, 2.24) is 4.90 Å².